The highest BCUT2D eigenvalue weighted by atomic mass is 35.5. The molecule has 4 nitrogen and oxygen atoms in total. The molecule has 5 heteroatoms. The molecule has 0 amide bonds. The lowest BCUT2D eigenvalue weighted by Gasteiger charge is -2.06. The van der Waals surface area contributed by atoms with Gasteiger partial charge in [0.1, 0.15) is 5.82 Å². The number of rotatable bonds is 4. The second-order valence-corrected chi connectivity index (χ2v) is 4.54. The van der Waals surface area contributed by atoms with Gasteiger partial charge >= 0.3 is 5.97 Å². The Balaban J connectivity index is 2.26. The van der Waals surface area contributed by atoms with Crippen molar-refractivity contribution in [1.29, 1.82) is 0 Å². The maximum absolute atomic E-state index is 11.0. The van der Waals surface area contributed by atoms with Gasteiger partial charge in [0.05, 0.1) is 11.3 Å². The van der Waals surface area contributed by atoms with Crippen LogP contribution in [0.3, 0.4) is 0 Å². The van der Waals surface area contributed by atoms with E-state index in [1.54, 1.807) is 0 Å². The Hall–Kier alpha value is -1.94. The summed E-state index contributed by atoms with van der Waals surface area (Å²) in [7, 11) is 0. The molecular weight excluding hydrogens is 264 g/mol. The molecule has 0 radical (unpaired) electrons. The molecule has 0 aliphatic heterocycles. The van der Waals surface area contributed by atoms with Gasteiger partial charge in [0, 0.05) is 17.6 Å². The van der Waals surface area contributed by atoms with Gasteiger partial charge in [-0.1, -0.05) is 30.7 Å². The third-order valence-corrected chi connectivity index (χ3v) is 3.01. The molecule has 0 unspecified atom stereocenters. The van der Waals surface area contributed by atoms with Crippen molar-refractivity contribution in [3.05, 3.63) is 58.1 Å². The number of halogens is 1. The van der Waals surface area contributed by atoms with Crippen LogP contribution in [-0.4, -0.2) is 21.0 Å². The summed E-state index contributed by atoms with van der Waals surface area (Å²) in [5.41, 5.74) is 1.77. The van der Waals surface area contributed by atoms with Crippen LogP contribution in [0.15, 0.2) is 30.5 Å². The Morgan fingerprint density at radius 3 is 2.58 bits per heavy atom. The van der Waals surface area contributed by atoms with Crippen LogP contribution in [0, 0.1) is 0 Å². The van der Waals surface area contributed by atoms with E-state index in [-0.39, 0.29) is 5.56 Å². The van der Waals surface area contributed by atoms with Crippen LogP contribution in [0.25, 0.3) is 0 Å². The van der Waals surface area contributed by atoms with Crippen molar-refractivity contribution in [3.63, 3.8) is 0 Å². The standard InChI is InChI=1S/C14H13ClN2O2/c1-2-12-11(14(18)19)8-16-13(17-12)7-9-3-5-10(15)6-4-9/h3-6,8H,2,7H2,1H3,(H,18,19). The monoisotopic (exact) mass is 276 g/mol. The van der Waals surface area contributed by atoms with E-state index < -0.39 is 5.97 Å². The number of carboxylic acids is 1. The zero-order chi connectivity index (χ0) is 13.8. The molecule has 0 atom stereocenters. The van der Waals surface area contributed by atoms with Crippen LogP contribution in [0.1, 0.15) is 34.4 Å². The van der Waals surface area contributed by atoms with E-state index in [4.69, 9.17) is 16.7 Å². The maximum atomic E-state index is 11.0. The van der Waals surface area contributed by atoms with E-state index in [0.29, 0.717) is 29.4 Å². The number of carboxylic acid groups (broad SMARTS) is 1. The Labute approximate surface area is 116 Å². The molecule has 0 aliphatic rings. The van der Waals surface area contributed by atoms with Gasteiger partial charge in [-0.05, 0) is 24.1 Å². The first kappa shape index (κ1) is 13.5. The molecular formula is C14H13ClN2O2. The Morgan fingerprint density at radius 2 is 2.00 bits per heavy atom. The summed E-state index contributed by atoms with van der Waals surface area (Å²) in [6, 6.07) is 7.43. The number of nitrogens with zero attached hydrogens (tertiary/aromatic N) is 2. The number of benzene rings is 1. The quantitative estimate of drug-likeness (QED) is 0.932. The molecule has 98 valence electrons. The highest BCUT2D eigenvalue weighted by Gasteiger charge is 2.12. The predicted octanol–water partition coefficient (Wildman–Crippen LogP) is 2.98. The average Bonchev–Trinajstić information content (AvgIpc) is 2.41. The lowest BCUT2D eigenvalue weighted by molar-refractivity contribution is 0.0694. The highest BCUT2D eigenvalue weighted by molar-refractivity contribution is 6.30. The van der Waals surface area contributed by atoms with Crippen LogP contribution in [0.4, 0.5) is 0 Å². The molecule has 1 heterocycles. The second kappa shape index (κ2) is 5.80. The van der Waals surface area contributed by atoms with E-state index in [1.165, 1.54) is 6.20 Å². The van der Waals surface area contributed by atoms with Gasteiger partial charge in [0.2, 0.25) is 0 Å². The zero-order valence-corrected chi connectivity index (χ0v) is 11.2. The van der Waals surface area contributed by atoms with Crippen LogP contribution in [-0.2, 0) is 12.8 Å². The Bertz CT molecular complexity index is 597. The summed E-state index contributed by atoms with van der Waals surface area (Å²) < 4.78 is 0. The molecule has 0 saturated carbocycles. The fraction of sp³-hybridized carbons (Fsp3) is 0.214. The smallest absolute Gasteiger partial charge is 0.339 e. The SMILES string of the molecule is CCc1nc(Cc2ccc(Cl)cc2)ncc1C(=O)O. The molecule has 1 aromatic heterocycles. The minimum atomic E-state index is -0.991. The summed E-state index contributed by atoms with van der Waals surface area (Å²) in [4.78, 5) is 19.4. The number of carbonyl (C=O) groups is 1. The largest absolute Gasteiger partial charge is 0.478 e. The number of aromatic carboxylic acids is 1. The third kappa shape index (κ3) is 3.29. The average molecular weight is 277 g/mol. The fourth-order valence-corrected chi connectivity index (χ4v) is 1.90. The summed E-state index contributed by atoms with van der Waals surface area (Å²) in [5.74, 6) is -0.376. The number of aromatic nitrogens is 2. The first-order valence-electron chi connectivity index (χ1n) is 5.92. The Kier molecular flexibility index (Phi) is 4.12. The molecule has 1 aromatic carbocycles. The first-order chi connectivity index (χ1) is 9.10. The van der Waals surface area contributed by atoms with E-state index in [2.05, 4.69) is 9.97 Å². The highest BCUT2D eigenvalue weighted by Crippen LogP contribution is 2.13. The minimum absolute atomic E-state index is 0.169. The lowest BCUT2D eigenvalue weighted by Crippen LogP contribution is -2.08. The first-order valence-corrected chi connectivity index (χ1v) is 6.30. The Morgan fingerprint density at radius 1 is 1.32 bits per heavy atom. The van der Waals surface area contributed by atoms with Crippen molar-refractivity contribution in [2.24, 2.45) is 0 Å². The zero-order valence-electron chi connectivity index (χ0n) is 10.4. The van der Waals surface area contributed by atoms with Gasteiger partial charge < -0.3 is 5.11 Å². The molecule has 2 aromatic rings. The van der Waals surface area contributed by atoms with Crippen LogP contribution in [0.5, 0.6) is 0 Å². The van der Waals surface area contributed by atoms with Crippen LogP contribution < -0.4 is 0 Å². The molecule has 0 fully saturated rings. The van der Waals surface area contributed by atoms with Gasteiger partial charge in [-0.3, -0.25) is 0 Å². The number of aryl methyl sites for hydroxylation is 1. The predicted molar refractivity (Wildman–Crippen MR) is 72.6 cm³/mol. The van der Waals surface area contributed by atoms with Crippen molar-refractivity contribution < 1.29 is 9.90 Å². The van der Waals surface area contributed by atoms with Gasteiger partial charge in [-0.25, -0.2) is 14.8 Å². The molecule has 0 spiro atoms. The fourth-order valence-electron chi connectivity index (χ4n) is 1.78. The minimum Gasteiger partial charge on any atom is -0.478 e. The van der Waals surface area contributed by atoms with Crippen molar-refractivity contribution in [1.82, 2.24) is 9.97 Å². The molecule has 0 aliphatic carbocycles. The van der Waals surface area contributed by atoms with Crippen molar-refractivity contribution in [2.45, 2.75) is 19.8 Å². The number of hydrogen-bond donors (Lipinski definition) is 1. The van der Waals surface area contributed by atoms with Crippen LogP contribution in [0.2, 0.25) is 5.02 Å². The second-order valence-electron chi connectivity index (χ2n) is 4.11. The van der Waals surface area contributed by atoms with Crippen molar-refractivity contribution in [3.8, 4) is 0 Å². The maximum Gasteiger partial charge on any atom is 0.339 e. The topological polar surface area (TPSA) is 63.1 Å². The summed E-state index contributed by atoms with van der Waals surface area (Å²) >= 11 is 5.82. The van der Waals surface area contributed by atoms with Crippen molar-refractivity contribution in [2.75, 3.05) is 0 Å². The van der Waals surface area contributed by atoms with Gasteiger partial charge in [-0.2, -0.15) is 0 Å². The lowest BCUT2D eigenvalue weighted by atomic mass is 10.1. The van der Waals surface area contributed by atoms with Crippen LogP contribution >= 0.6 is 11.6 Å². The van der Waals surface area contributed by atoms with Gasteiger partial charge in [0.25, 0.3) is 0 Å². The summed E-state index contributed by atoms with van der Waals surface area (Å²) in [6.07, 6.45) is 2.50. The molecule has 2 rings (SSSR count). The number of hydrogen-bond acceptors (Lipinski definition) is 3. The van der Waals surface area contributed by atoms with E-state index >= 15 is 0 Å². The van der Waals surface area contributed by atoms with E-state index in [1.807, 2.05) is 31.2 Å². The molecule has 19 heavy (non-hydrogen) atoms. The van der Waals surface area contributed by atoms with Crippen molar-refractivity contribution >= 4 is 17.6 Å². The van der Waals surface area contributed by atoms with E-state index in [9.17, 15) is 4.79 Å². The van der Waals surface area contributed by atoms with E-state index in [0.717, 1.165) is 5.56 Å². The van der Waals surface area contributed by atoms with Gasteiger partial charge in [0.15, 0.2) is 0 Å². The third-order valence-electron chi connectivity index (χ3n) is 2.76. The normalized spacial score (nSPS) is 10.4. The van der Waals surface area contributed by atoms with Gasteiger partial charge in [-0.15, -0.1) is 0 Å². The molecule has 0 bridgehead atoms. The summed E-state index contributed by atoms with van der Waals surface area (Å²) in [5, 5.41) is 9.69. The summed E-state index contributed by atoms with van der Waals surface area (Å²) in [6.45, 7) is 1.88. The molecule has 0 saturated heterocycles. The molecule has 1 N–H and O–H groups in total.